The van der Waals surface area contributed by atoms with Crippen molar-refractivity contribution < 1.29 is 23.5 Å². The third-order valence-corrected chi connectivity index (χ3v) is 5.08. The molecule has 2 aromatic rings. The molecule has 0 saturated carbocycles. The van der Waals surface area contributed by atoms with Crippen LogP contribution in [0.25, 0.3) is 0 Å². The first-order chi connectivity index (χ1) is 14.4. The summed E-state index contributed by atoms with van der Waals surface area (Å²) in [6, 6.07) is 12.6. The Hall–Kier alpha value is -3.22. The summed E-state index contributed by atoms with van der Waals surface area (Å²) in [7, 11) is 0. The first kappa shape index (κ1) is 21.5. The molecular weight excluding hydrogens is 387 g/mol. The number of nitrogens with zero attached hydrogens (tertiary/aromatic N) is 1. The number of aryl methyl sites for hydroxylation is 1. The summed E-state index contributed by atoms with van der Waals surface area (Å²) in [6.07, 6.45) is 2.31. The number of halogens is 1. The molecule has 1 heterocycles. The number of likely N-dealkylation sites (tertiary alicyclic amines) is 1. The first-order valence-electron chi connectivity index (χ1n) is 10.0. The standard InChI is InChI=1S/C23H25FN2O4/c1-16(27)30-21-4-2-3-18(15-21)23(29)25-20-11-13-26(14-12-20)22(28)10-7-17-5-8-19(24)9-6-17/h2-6,8-9,15,20H,7,10-14H2,1H3,(H,25,29). The van der Waals surface area contributed by atoms with Gasteiger partial charge in [0.15, 0.2) is 0 Å². The highest BCUT2D eigenvalue weighted by molar-refractivity contribution is 5.95. The average Bonchev–Trinajstić information content (AvgIpc) is 2.73. The maximum Gasteiger partial charge on any atom is 0.308 e. The third kappa shape index (κ3) is 6.14. The Labute approximate surface area is 175 Å². The Bertz CT molecular complexity index is 906. The van der Waals surface area contributed by atoms with E-state index in [1.165, 1.54) is 25.1 Å². The van der Waals surface area contributed by atoms with Crippen LogP contribution in [0.4, 0.5) is 4.39 Å². The second-order valence-corrected chi connectivity index (χ2v) is 7.38. The van der Waals surface area contributed by atoms with E-state index in [1.807, 2.05) is 4.90 Å². The number of piperidine rings is 1. The molecule has 1 aliphatic heterocycles. The monoisotopic (exact) mass is 412 g/mol. The van der Waals surface area contributed by atoms with Crippen LogP contribution in [0.3, 0.4) is 0 Å². The summed E-state index contributed by atoms with van der Waals surface area (Å²) >= 11 is 0. The van der Waals surface area contributed by atoms with E-state index in [0.717, 1.165) is 5.56 Å². The average molecular weight is 412 g/mol. The van der Waals surface area contributed by atoms with Crippen LogP contribution in [0.2, 0.25) is 0 Å². The van der Waals surface area contributed by atoms with Gasteiger partial charge in [-0.15, -0.1) is 0 Å². The number of hydrogen-bond acceptors (Lipinski definition) is 4. The number of hydrogen-bond donors (Lipinski definition) is 1. The molecule has 2 amide bonds. The zero-order valence-electron chi connectivity index (χ0n) is 16.9. The molecular formula is C23H25FN2O4. The third-order valence-electron chi connectivity index (χ3n) is 5.08. The SMILES string of the molecule is CC(=O)Oc1cccc(C(=O)NC2CCN(C(=O)CCc3ccc(F)cc3)CC2)c1. The van der Waals surface area contributed by atoms with Crippen LogP contribution >= 0.6 is 0 Å². The van der Waals surface area contributed by atoms with Crippen molar-refractivity contribution in [3.05, 3.63) is 65.5 Å². The van der Waals surface area contributed by atoms with E-state index in [9.17, 15) is 18.8 Å². The van der Waals surface area contributed by atoms with Crippen molar-refractivity contribution in [3.63, 3.8) is 0 Å². The second-order valence-electron chi connectivity index (χ2n) is 7.38. The lowest BCUT2D eigenvalue weighted by atomic mass is 10.0. The van der Waals surface area contributed by atoms with Crippen LogP contribution in [0, 0.1) is 5.82 Å². The van der Waals surface area contributed by atoms with Crippen molar-refractivity contribution in [1.82, 2.24) is 10.2 Å². The van der Waals surface area contributed by atoms with E-state index >= 15 is 0 Å². The molecule has 0 spiro atoms. The van der Waals surface area contributed by atoms with Crippen LogP contribution in [0.5, 0.6) is 5.75 Å². The molecule has 1 aliphatic rings. The molecule has 3 rings (SSSR count). The summed E-state index contributed by atoms with van der Waals surface area (Å²) in [6.45, 7) is 2.48. The lowest BCUT2D eigenvalue weighted by Crippen LogP contribution is -2.46. The van der Waals surface area contributed by atoms with Gasteiger partial charge in [-0.3, -0.25) is 14.4 Å². The van der Waals surface area contributed by atoms with Crippen molar-refractivity contribution in [1.29, 1.82) is 0 Å². The number of ether oxygens (including phenoxy) is 1. The van der Waals surface area contributed by atoms with Gasteiger partial charge in [-0.05, 0) is 55.2 Å². The van der Waals surface area contributed by atoms with E-state index in [2.05, 4.69) is 5.32 Å². The topological polar surface area (TPSA) is 75.7 Å². The molecule has 1 N–H and O–H groups in total. The van der Waals surface area contributed by atoms with Gasteiger partial charge in [0.05, 0.1) is 0 Å². The van der Waals surface area contributed by atoms with Crippen LogP contribution < -0.4 is 10.1 Å². The predicted molar refractivity (Wildman–Crippen MR) is 110 cm³/mol. The van der Waals surface area contributed by atoms with E-state index in [0.29, 0.717) is 50.1 Å². The van der Waals surface area contributed by atoms with E-state index in [4.69, 9.17) is 4.74 Å². The number of amides is 2. The fourth-order valence-electron chi connectivity index (χ4n) is 3.47. The zero-order chi connectivity index (χ0) is 21.5. The summed E-state index contributed by atoms with van der Waals surface area (Å²) in [5, 5.41) is 2.99. The number of carbonyl (C=O) groups is 3. The molecule has 6 nitrogen and oxygen atoms in total. The Balaban J connectivity index is 1.44. The van der Waals surface area contributed by atoms with E-state index < -0.39 is 5.97 Å². The lowest BCUT2D eigenvalue weighted by Gasteiger charge is -2.32. The lowest BCUT2D eigenvalue weighted by molar-refractivity contribution is -0.133. The van der Waals surface area contributed by atoms with Gasteiger partial charge in [-0.2, -0.15) is 0 Å². The molecule has 0 aromatic heterocycles. The normalized spacial score (nSPS) is 14.3. The molecule has 30 heavy (non-hydrogen) atoms. The smallest absolute Gasteiger partial charge is 0.308 e. The molecule has 7 heteroatoms. The zero-order valence-corrected chi connectivity index (χ0v) is 16.9. The van der Waals surface area contributed by atoms with Gasteiger partial charge in [0.25, 0.3) is 5.91 Å². The van der Waals surface area contributed by atoms with Crippen LogP contribution in [-0.4, -0.2) is 41.8 Å². The van der Waals surface area contributed by atoms with Crippen LogP contribution in [0.15, 0.2) is 48.5 Å². The summed E-state index contributed by atoms with van der Waals surface area (Å²) in [5.74, 6) is -0.559. The van der Waals surface area contributed by atoms with Gasteiger partial charge in [0.1, 0.15) is 11.6 Å². The minimum absolute atomic E-state index is 0.0176. The Morgan fingerprint density at radius 2 is 1.80 bits per heavy atom. The Morgan fingerprint density at radius 1 is 1.10 bits per heavy atom. The number of esters is 1. The second kappa shape index (κ2) is 10.0. The molecule has 0 atom stereocenters. The fraction of sp³-hybridized carbons (Fsp3) is 0.348. The van der Waals surface area contributed by atoms with Crippen LogP contribution in [-0.2, 0) is 16.0 Å². The van der Waals surface area contributed by atoms with Crippen molar-refractivity contribution in [2.75, 3.05) is 13.1 Å². The van der Waals surface area contributed by atoms with Crippen molar-refractivity contribution in [2.24, 2.45) is 0 Å². The summed E-state index contributed by atoms with van der Waals surface area (Å²) < 4.78 is 18.0. The summed E-state index contributed by atoms with van der Waals surface area (Å²) in [5.41, 5.74) is 1.36. The Kier molecular flexibility index (Phi) is 7.17. The van der Waals surface area contributed by atoms with Crippen LogP contribution in [0.1, 0.15) is 42.1 Å². The molecule has 1 fully saturated rings. The summed E-state index contributed by atoms with van der Waals surface area (Å²) in [4.78, 5) is 37.8. The maximum absolute atomic E-state index is 13.0. The number of rotatable bonds is 6. The van der Waals surface area contributed by atoms with Crippen molar-refractivity contribution in [2.45, 2.75) is 38.6 Å². The highest BCUT2D eigenvalue weighted by atomic mass is 19.1. The van der Waals surface area contributed by atoms with Gasteiger partial charge in [-0.25, -0.2) is 4.39 Å². The Morgan fingerprint density at radius 3 is 2.47 bits per heavy atom. The number of nitrogens with one attached hydrogen (secondary N) is 1. The van der Waals surface area contributed by atoms with Crippen molar-refractivity contribution >= 4 is 17.8 Å². The number of carbonyl (C=O) groups excluding carboxylic acids is 3. The highest BCUT2D eigenvalue weighted by Crippen LogP contribution is 2.16. The van der Waals surface area contributed by atoms with Gasteiger partial charge >= 0.3 is 5.97 Å². The minimum Gasteiger partial charge on any atom is -0.427 e. The minimum atomic E-state index is -0.441. The first-order valence-corrected chi connectivity index (χ1v) is 10.0. The van der Waals surface area contributed by atoms with Crippen molar-refractivity contribution in [3.8, 4) is 5.75 Å². The fourth-order valence-corrected chi connectivity index (χ4v) is 3.47. The van der Waals surface area contributed by atoms with Gasteiger partial charge in [0.2, 0.25) is 5.91 Å². The van der Waals surface area contributed by atoms with E-state index in [1.54, 1.807) is 30.3 Å². The molecule has 2 aromatic carbocycles. The highest BCUT2D eigenvalue weighted by Gasteiger charge is 2.24. The van der Waals surface area contributed by atoms with E-state index in [-0.39, 0.29) is 23.7 Å². The maximum atomic E-state index is 13.0. The number of benzene rings is 2. The molecule has 0 radical (unpaired) electrons. The van der Waals surface area contributed by atoms with Gasteiger partial charge < -0.3 is 15.0 Å². The largest absolute Gasteiger partial charge is 0.427 e. The molecule has 158 valence electrons. The van der Waals surface area contributed by atoms with Gasteiger partial charge in [0, 0.05) is 38.0 Å². The van der Waals surface area contributed by atoms with Gasteiger partial charge in [-0.1, -0.05) is 18.2 Å². The molecule has 1 saturated heterocycles. The quantitative estimate of drug-likeness (QED) is 0.584. The molecule has 0 unspecified atom stereocenters. The molecule has 0 aliphatic carbocycles. The molecule has 0 bridgehead atoms. The predicted octanol–water partition coefficient (Wildman–Crippen LogP) is 3.10.